The Morgan fingerprint density at radius 1 is 1.33 bits per heavy atom. The smallest absolute Gasteiger partial charge is 0.306 e. The third-order valence-electron chi connectivity index (χ3n) is 2.12. The van der Waals surface area contributed by atoms with Gasteiger partial charge in [0.05, 0.1) is 6.92 Å². The van der Waals surface area contributed by atoms with Crippen molar-refractivity contribution >= 4 is 5.97 Å². The van der Waals surface area contributed by atoms with Crippen molar-refractivity contribution in [1.82, 2.24) is 4.90 Å². The summed E-state index contributed by atoms with van der Waals surface area (Å²) < 4.78 is 4.75. The minimum atomic E-state index is -0.424. The molecule has 0 unspecified atom stereocenters. The van der Waals surface area contributed by atoms with Crippen molar-refractivity contribution in [3.05, 3.63) is 6.92 Å². The summed E-state index contributed by atoms with van der Waals surface area (Å²) in [6.45, 7) is 6.79. The highest BCUT2D eigenvalue weighted by molar-refractivity contribution is 5.73. The van der Waals surface area contributed by atoms with Crippen LogP contribution in [-0.4, -0.2) is 37.1 Å². The van der Waals surface area contributed by atoms with E-state index in [1.54, 1.807) is 0 Å². The van der Waals surface area contributed by atoms with E-state index < -0.39 is 5.97 Å². The van der Waals surface area contributed by atoms with Gasteiger partial charge in [0.1, 0.15) is 6.61 Å². The van der Waals surface area contributed by atoms with Gasteiger partial charge in [-0.1, -0.05) is 6.42 Å². The highest BCUT2D eigenvalue weighted by atomic mass is 16.5. The lowest BCUT2D eigenvalue weighted by Crippen LogP contribution is -2.33. The van der Waals surface area contributed by atoms with Crippen LogP contribution in [0.4, 0.5) is 0 Å². The minimum Gasteiger partial charge on any atom is -0.464 e. The van der Waals surface area contributed by atoms with Gasteiger partial charge in [-0.3, -0.25) is 9.69 Å². The van der Waals surface area contributed by atoms with Gasteiger partial charge in [-0.2, -0.15) is 0 Å². The van der Waals surface area contributed by atoms with Crippen molar-refractivity contribution in [3.63, 3.8) is 0 Å². The molecule has 0 amide bonds. The third-order valence-corrected chi connectivity index (χ3v) is 2.12. The molecule has 1 radical (unpaired) electrons. The van der Waals surface area contributed by atoms with Crippen LogP contribution >= 0.6 is 0 Å². The summed E-state index contributed by atoms with van der Waals surface area (Å²) in [4.78, 5) is 12.7. The summed E-state index contributed by atoms with van der Waals surface area (Å²) in [6, 6.07) is 0. The summed E-state index contributed by atoms with van der Waals surface area (Å²) in [6.07, 6.45) is 3.89. The molecule has 0 bridgehead atoms. The highest BCUT2D eigenvalue weighted by Gasteiger charge is 2.09. The van der Waals surface area contributed by atoms with Crippen molar-refractivity contribution in [1.29, 1.82) is 0 Å². The fourth-order valence-corrected chi connectivity index (χ4v) is 1.47. The van der Waals surface area contributed by atoms with E-state index in [4.69, 9.17) is 4.74 Å². The molecule has 0 aromatic rings. The number of esters is 1. The van der Waals surface area contributed by atoms with Gasteiger partial charge < -0.3 is 4.74 Å². The number of hydrogen-bond donors (Lipinski definition) is 0. The summed E-state index contributed by atoms with van der Waals surface area (Å²) in [5.41, 5.74) is 0. The van der Waals surface area contributed by atoms with E-state index in [-0.39, 0.29) is 0 Å². The van der Waals surface area contributed by atoms with Crippen LogP contribution in [0.25, 0.3) is 0 Å². The zero-order valence-electron chi connectivity index (χ0n) is 7.42. The molecule has 3 nitrogen and oxygen atoms in total. The summed E-state index contributed by atoms with van der Waals surface area (Å²) in [5.74, 6) is -0.424. The predicted octanol–water partition coefficient (Wildman–Crippen LogP) is 0.850. The topological polar surface area (TPSA) is 29.5 Å². The lowest BCUT2D eigenvalue weighted by Gasteiger charge is -2.25. The number of carbonyl (C=O) groups is 1. The number of likely N-dealkylation sites (tertiary alicyclic amines) is 1. The van der Waals surface area contributed by atoms with E-state index in [1.165, 1.54) is 19.3 Å². The Morgan fingerprint density at radius 3 is 2.58 bits per heavy atom. The number of ether oxygens (including phenoxy) is 1. The molecule has 3 heteroatoms. The summed E-state index contributed by atoms with van der Waals surface area (Å²) >= 11 is 0. The SMILES string of the molecule is [CH2]C(=O)OCCN1CCCCC1. The lowest BCUT2D eigenvalue weighted by molar-refractivity contribution is -0.138. The van der Waals surface area contributed by atoms with E-state index in [9.17, 15) is 4.79 Å². The maximum absolute atomic E-state index is 10.3. The van der Waals surface area contributed by atoms with Gasteiger partial charge >= 0.3 is 5.97 Å². The first-order valence-electron chi connectivity index (χ1n) is 4.50. The van der Waals surface area contributed by atoms with Crippen LogP contribution < -0.4 is 0 Å². The standard InChI is InChI=1S/C9H16NO2/c1-9(11)12-8-7-10-5-3-2-4-6-10/h1-8H2. The van der Waals surface area contributed by atoms with E-state index in [0.29, 0.717) is 6.61 Å². The van der Waals surface area contributed by atoms with Crippen LogP contribution in [0.2, 0.25) is 0 Å². The zero-order valence-corrected chi connectivity index (χ0v) is 7.42. The summed E-state index contributed by atoms with van der Waals surface area (Å²) in [7, 11) is 0. The molecule has 1 aliphatic heterocycles. The maximum atomic E-state index is 10.3. The van der Waals surface area contributed by atoms with Crippen molar-refractivity contribution in [3.8, 4) is 0 Å². The zero-order chi connectivity index (χ0) is 8.81. The average Bonchev–Trinajstić information content (AvgIpc) is 2.05. The van der Waals surface area contributed by atoms with Gasteiger partial charge in [0.15, 0.2) is 0 Å². The maximum Gasteiger partial charge on any atom is 0.306 e. The van der Waals surface area contributed by atoms with Crippen LogP contribution in [0.3, 0.4) is 0 Å². The molecule has 0 spiro atoms. The third kappa shape index (κ3) is 3.72. The van der Waals surface area contributed by atoms with E-state index in [2.05, 4.69) is 11.8 Å². The molecule has 1 rings (SSSR count). The molecule has 0 aromatic heterocycles. The molecular formula is C9H16NO2. The Balaban J connectivity index is 2.01. The van der Waals surface area contributed by atoms with Crippen molar-refractivity contribution in [2.24, 2.45) is 0 Å². The van der Waals surface area contributed by atoms with Crippen LogP contribution in [0, 0.1) is 6.92 Å². The van der Waals surface area contributed by atoms with Crippen molar-refractivity contribution < 1.29 is 9.53 Å². The second-order valence-corrected chi connectivity index (χ2v) is 3.12. The fraction of sp³-hybridized carbons (Fsp3) is 0.778. The second-order valence-electron chi connectivity index (χ2n) is 3.12. The number of piperidine rings is 1. The molecular weight excluding hydrogens is 154 g/mol. The van der Waals surface area contributed by atoms with E-state index >= 15 is 0 Å². The summed E-state index contributed by atoms with van der Waals surface area (Å²) in [5, 5.41) is 0. The van der Waals surface area contributed by atoms with Gasteiger partial charge in [-0.25, -0.2) is 0 Å². The quantitative estimate of drug-likeness (QED) is 0.588. The Morgan fingerprint density at radius 2 is 2.00 bits per heavy atom. The van der Waals surface area contributed by atoms with Crippen molar-refractivity contribution in [2.75, 3.05) is 26.2 Å². The normalized spacial score (nSPS) is 19.1. The number of carbonyl (C=O) groups excluding carboxylic acids is 1. The Kier molecular flexibility index (Phi) is 4.08. The monoisotopic (exact) mass is 170 g/mol. The first-order valence-corrected chi connectivity index (χ1v) is 4.50. The number of nitrogens with zero attached hydrogens (tertiary/aromatic N) is 1. The van der Waals surface area contributed by atoms with Gasteiger partial charge in [-0.15, -0.1) is 0 Å². The van der Waals surface area contributed by atoms with Crippen LogP contribution in [0.15, 0.2) is 0 Å². The molecule has 12 heavy (non-hydrogen) atoms. The molecule has 1 saturated heterocycles. The fourth-order valence-electron chi connectivity index (χ4n) is 1.47. The van der Waals surface area contributed by atoms with Crippen LogP contribution in [0.1, 0.15) is 19.3 Å². The molecule has 0 N–H and O–H groups in total. The predicted molar refractivity (Wildman–Crippen MR) is 46.6 cm³/mol. The Bertz CT molecular complexity index is 141. The first kappa shape index (κ1) is 9.52. The van der Waals surface area contributed by atoms with Gasteiger partial charge in [0.2, 0.25) is 0 Å². The Hall–Kier alpha value is -0.570. The van der Waals surface area contributed by atoms with Crippen molar-refractivity contribution in [2.45, 2.75) is 19.3 Å². The molecule has 0 atom stereocenters. The number of rotatable bonds is 3. The Labute approximate surface area is 73.7 Å². The number of hydrogen-bond acceptors (Lipinski definition) is 3. The molecule has 0 aliphatic carbocycles. The minimum absolute atomic E-state index is 0.424. The largest absolute Gasteiger partial charge is 0.464 e. The lowest BCUT2D eigenvalue weighted by atomic mass is 10.1. The molecule has 1 fully saturated rings. The molecule has 1 aliphatic rings. The molecule has 1 heterocycles. The van der Waals surface area contributed by atoms with Gasteiger partial charge in [-0.05, 0) is 25.9 Å². The first-order chi connectivity index (χ1) is 5.79. The molecule has 0 aromatic carbocycles. The highest BCUT2D eigenvalue weighted by Crippen LogP contribution is 2.07. The van der Waals surface area contributed by atoms with Gasteiger partial charge in [0.25, 0.3) is 0 Å². The van der Waals surface area contributed by atoms with Crippen LogP contribution in [0.5, 0.6) is 0 Å². The molecule has 0 saturated carbocycles. The molecule has 69 valence electrons. The average molecular weight is 170 g/mol. The van der Waals surface area contributed by atoms with Gasteiger partial charge in [0, 0.05) is 6.54 Å². The van der Waals surface area contributed by atoms with E-state index in [0.717, 1.165) is 19.6 Å². The second kappa shape index (κ2) is 5.14. The van der Waals surface area contributed by atoms with E-state index in [1.807, 2.05) is 0 Å². The van der Waals surface area contributed by atoms with Crippen LogP contribution in [-0.2, 0) is 9.53 Å².